The van der Waals surface area contributed by atoms with Crippen LogP contribution in [0.3, 0.4) is 0 Å². The Balaban J connectivity index is 3.51. The Bertz CT molecular complexity index is 444. The van der Waals surface area contributed by atoms with Crippen LogP contribution in [-0.2, 0) is 9.09 Å². The van der Waals surface area contributed by atoms with Gasteiger partial charge in [-0.25, -0.2) is 0 Å². The Hall–Kier alpha value is 0.0300. The van der Waals surface area contributed by atoms with Crippen molar-refractivity contribution in [1.82, 2.24) is 0 Å². The summed E-state index contributed by atoms with van der Waals surface area (Å²) in [5.41, 5.74) is 0. The number of aliphatic hydroxyl groups excluding tert-OH is 2. The van der Waals surface area contributed by atoms with Crippen LogP contribution in [0.15, 0.2) is 0 Å². The Labute approximate surface area is 198 Å². The molecule has 0 saturated carbocycles. The van der Waals surface area contributed by atoms with Crippen molar-refractivity contribution in [2.24, 2.45) is 0 Å². The highest BCUT2D eigenvalue weighted by Crippen LogP contribution is 2.37. The molecule has 6 nitrogen and oxygen atoms in total. The van der Waals surface area contributed by atoms with Crippen LogP contribution in [0.4, 0.5) is 0 Å². The molecule has 0 aliphatic rings. The molecule has 32 heavy (non-hydrogen) atoms. The van der Waals surface area contributed by atoms with Crippen LogP contribution in [0, 0.1) is 0 Å². The minimum Gasteiger partial charge on any atom is -0.778 e. The van der Waals surface area contributed by atoms with Gasteiger partial charge in [-0.05, 0) is 6.42 Å². The summed E-state index contributed by atoms with van der Waals surface area (Å²) in [6.07, 6.45) is 20.6. The third-order valence-corrected chi connectivity index (χ3v) is 7.80. The molecule has 1 unspecified atom stereocenters. The number of hydrogen-bond donors (Lipinski definition) is 2. The second-order valence-electron chi connectivity index (χ2n) is 9.71. The van der Waals surface area contributed by atoms with Gasteiger partial charge in [-0.15, -0.1) is 0 Å². The van der Waals surface area contributed by atoms with Crippen LogP contribution in [-0.4, -0.2) is 67.4 Å². The largest absolute Gasteiger partial charge is 0.778 e. The van der Waals surface area contributed by atoms with Gasteiger partial charge in [-0.3, -0.25) is 0 Å². The van der Waals surface area contributed by atoms with E-state index in [0.717, 1.165) is 19.3 Å². The van der Waals surface area contributed by atoms with Crippen molar-refractivity contribution in [1.29, 1.82) is 0 Å². The maximum atomic E-state index is 12.1. The summed E-state index contributed by atoms with van der Waals surface area (Å²) in [7, 11) is -2.01. The summed E-state index contributed by atoms with van der Waals surface area (Å²) >= 11 is 0. The van der Waals surface area contributed by atoms with E-state index in [4.69, 9.17) is 14.7 Å². The van der Waals surface area contributed by atoms with Crippen molar-refractivity contribution in [3.05, 3.63) is 0 Å². The van der Waals surface area contributed by atoms with E-state index in [9.17, 15) is 9.46 Å². The zero-order chi connectivity index (χ0) is 24.0. The summed E-state index contributed by atoms with van der Waals surface area (Å²) in [5, 5.41) is 18.3. The van der Waals surface area contributed by atoms with Crippen molar-refractivity contribution in [3.8, 4) is 0 Å². The van der Waals surface area contributed by atoms with Crippen molar-refractivity contribution < 1.29 is 28.7 Å². The van der Waals surface area contributed by atoms with E-state index in [1.54, 1.807) is 0 Å². The summed E-state index contributed by atoms with van der Waals surface area (Å²) in [4.78, 5) is 12.1. The van der Waals surface area contributed by atoms with Crippen LogP contribution in [0.1, 0.15) is 110 Å². The Kier molecular flexibility index (Phi) is 21.6. The first-order chi connectivity index (χ1) is 15.4. The van der Waals surface area contributed by atoms with E-state index in [0.29, 0.717) is 24.1 Å². The van der Waals surface area contributed by atoms with Crippen LogP contribution >= 0.6 is 7.60 Å². The number of nitrogens with zero attached hydrogens (tertiary/aromatic N) is 1. The average molecular weight is 480 g/mol. The molecule has 0 spiro atoms. The van der Waals surface area contributed by atoms with E-state index in [1.807, 2.05) is 7.05 Å². The molecule has 0 aliphatic carbocycles. The summed E-state index contributed by atoms with van der Waals surface area (Å²) in [5.74, 6) is 0. The van der Waals surface area contributed by atoms with E-state index in [-0.39, 0.29) is 26.0 Å². The summed E-state index contributed by atoms with van der Waals surface area (Å²) in [6, 6.07) is 0. The smallest absolute Gasteiger partial charge is 0.140 e. The Morgan fingerprint density at radius 2 is 1.06 bits per heavy atom. The van der Waals surface area contributed by atoms with Crippen LogP contribution in [0.5, 0.6) is 0 Å². The lowest BCUT2D eigenvalue weighted by molar-refractivity contribution is -0.908. The van der Waals surface area contributed by atoms with Crippen molar-refractivity contribution in [3.63, 3.8) is 0 Å². The van der Waals surface area contributed by atoms with Crippen molar-refractivity contribution in [2.75, 3.05) is 52.7 Å². The van der Waals surface area contributed by atoms with Crippen LogP contribution in [0.2, 0.25) is 0 Å². The zero-order valence-electron chi connectivity index (χ0n) is 21.3. The first-order valence-corrected chi connectivity index (χ1v) is 15.1. The van der Waals surface area contributed by atoms with Gasteiger partial charge in [0, 0.05) is 0 Å². The molecule has 0 aromatic carbocycles. The molecule has 0 bridgehead atoms. The van der Waals surface area contributed by atoms with E-state index < -0.39 is 7.60 Å². The zero-order valence-corrected chi connectivity index (χ0v) is 22.2. The Morgan fingerprint density at radius 3 is 1.44 bits per heavy atom. The highest BCUT2D eigenvalue weighted by molar-refractivity contribution is 7.51. The lowest BCUT2D eigenvalue weighted by Gasteiger charge is -2.35. The van der Waals surface area contributed by atoms with Gasteiger partial charge in [0.25, 0.3) is 0 Å². The molecule has 194 valence electrons. The van der Waals surface area contributed by atoms with E-state index in [2.05, 4.69) is 6.92 Å². The fourth-order valence-electron chi connectivity index (χ4n) is 4.10. The van der Waals surface area contributed by atoms with Crippen molar-refractivity contribution >= 4 is 7.60 Å². The fraction of sp³-hybridized carbons (Fsp3) is 1.00. The first-order valence-electron chi connectivity index (χ1n) is 13.4. The van der Waals surface area contributed by atoms with Gasteiger partial charge in [-0.1, -0.05) is 103 Å². The van der Waals surface area contributed by atoms with Gasteiger partial charge in [0.1, 0.15) is 20.7 Å². The minimum atomic E-state index is -3.86. The molecule has 0 amide bonds. The maximum absolute atomic E-state index is 12.1. The van der Waals surface area contributed by atoms with E-state index in [1.165, 1.54) is 83.5 Å². The summed E-state index contributed by atoms with van der Waals surface area (Å²) < 4.78 is 17.6. The van der Waals surface area contributed by atoms with Crippen LogP contribution < -0.4 is 4.89 Å². The molecule has 0 fully saturated rings. The third-order valence-electron chi connectivity index (χ3n) is 6.48. The van der Waals surface area contributed by atoms with Gasteiger partial charge in [0.05, 0.1) is 39.6 Å². The predicted molar refractivity (Wildman–Crippen MR) is 133 cm³/mol. The van der Waals surface area contributed by atoms with Gasteiger partial charge >= 0.3 is 0 Å². The SMILES string of the molecule is CCCCCCCCCCCCCCCCCCOP(=O)([O-])CC[N+](C)(CCO)CCO. The monoisotopic (exact) mass is 479 g/mol. The molecule has 0 saturated heterocycles. The molecular formula is C25H54NO5P. The molecule has 0 aliphatic heterocycles. The second kappa shape index (κ2) is 21.6. The average Bonchev–Trinajstić information content (AvgIpc) is 2.75. The lowest BCUT2D eigenvalue weighted by atomic mass is 10.0. The number of quaternary nitrogens is 1. The number of likely N-dealkylation sites (N-methyl/N-ethyl adjacent to an activating group) is 1. The molecule has 0 aromatic heterocycles. The molecule has 0 rings (SSSR count). The van der Waals surface area contributed by atoms with Gasteiger partial charge in [-0.2, -0.15) is 0 Å². The molecule has 0 radical (unpaired) electrons. The maximum Gasteiger partial charge on any atom is 0.140 e. The van der Waals surface area contributed by atoms with Gasteiger partial charge in [0.15, 0.2) is 0 Å². The predicted octanol–water partition coefficient (Wildman–Crippen LogP) is 5.25. The van der Waals surface area contributed by atoms with E-state index >= 15 is 0 Å². The molecule has 0 heterocycles. The molecule has 7 heteroatoms. The molecule has 2 N–H and O–H groups in total. The van der Waals surface area contributed by atoms with Crippen LogP contribution in [0.25, 0.3) is 0 Å². The number of hydrogen-bond acceptors (Lipinski definition) is 5. The molecule has 0 aromatic rings. The minimum absolute atomic E-state index is 0.0281. The molecule has 1 atom stereocenters. The lowest BCUT2D eigenvalue weighted by Crippen LogP contribution is -2.50. The third kappa shape index (κ3) is 20.6. The van der Waals surface area contributed by atoms with Gasteiger partial charge in [0.2, 0.25) is 0 Å². The quantitative estimate of drug-likeness (QED) is 0.106. The second-order valence-corrected chi connectivity index (χ2v) is 11.6. The molecular weight excluding hydrogens is 425 g/mol. The van der Waals surface area contributed by atoms with Gasteiger partial charge < -0.3 is 28.7 Å². The van der Waals surface area contributed by atoms with Crippen molar-refractivity contribution in [2.45, 2.75) is 110 Å². The first kappa shape index (κ1) is 32.0. The summed E-state index contributed by atoms with van der Waals surface area (Å²) in [6.45, 7) is 3.69. The number of rotatable bonds is 25. The Morgan fingerprint density at radius 1 is 0.688 bits per heavy atom. The standard InChI is InChI=1S/C25H54NO5P/c1-3-4-5-6-7-8-9-10-11-12-13-14-15-16-17-18-24-31-32(29,30)25-21-26(2,19-22-27)20-23-28/h27-28H,3-25H2,1-2H3. The highest BCUT2D eigenvalue weighted by atomic mass is 31.2. The topological polar surface area (TPSA) is 89.8 Å². The number of unbranched alkanes of at least 4 members (excludes halogenated alkanes) is 15. The highest BCUT2D eigenvalue weighted by Gasteiger charge is 2.23. The fourth-order valence-corrected chi connectivity index (χ4v) is 5.36. The number of aliphatic hydroxyl groups is 2. The normalized spacial score (nSPS) is 14.0.